The van der Waals surface area contributed by atoms with Crippen LogP contribution < -0.4 is 0 Å². The third kappa shape index (κ3) is 3.27. The fourth-order valence-electron chi connectivity index (χ4n) is 8.80. The Labute approximate surface area is 174 Å². The number of rotatable bonds is 4. The van der Waals surface area contributed by atoms with Gasteiger partial charge in [0, 0.05) is 6.42 Å². The molecule has 0 unspecified atom stereocenters. The molecule has 0 aliphatic heterocycles. The summed E-state index contributed by atoms with van der Waals surface area (Å²) >= 11 is 0. The van der Waals surface area contributed by atoms with E-state index < -0.39 is 18.2 Å². The van der Waals surface area contributed by atoms with Crippen molar-refractivity contribution in [3.63, 3.8) is 0 Å². The van der Waals surface area contributed by atoms with E-state index in [1.54, 1.807) is 0 Å². The van der Waals surface area contributed by atoms with Crippen molar-refractivity contribution < 1.29 is 25.2 Å². The Morgan fingerprint density at radius 3 is 2.45 bits per heavy atom. The summed E-state index contributed by atoms with van der Waals surface area (Å²) in [4.78, 5) is 11.1. The molecule has 11 atom stereocenters. The number of fused-ring (bicyclic) bond motifs is 5. The standard InChI is InChI=1S/C24H40O5/c1-13(4-7-21(28)29)16-5-6-17-22-18(8-9-23(16,17)2)24(3)14(11-19(22)26)10-15(25)12-20(24)27/h13-20,22,25-27H,4-12H2,1-3H3,(H,28,29)/t13-,14+,15+,16-,17+,18+,19-,20+,22+,23-,24+/m1/s1. The van der Waals surface area contributed by atoms with Crippen LogP contribution in [0.3, 0.4) is 0 Å². The van der Waals surface area contributed by atoms with E-state index in [1.165, 1.54) is 0 Å². The molecule has 0 aromatic heterocycles. The lowest BCUT2D eigenvalue weighted by Gasteiger charge is -2.63. The van der Waals surface area contributed by atoms with Crippen LogP contribution in [0.2, 0.25) is 0 Å². The second kappa shape index (κ2) is 7.49. The summed E-state index contributed by atoms with van der Waals surface area (Å²) < 4.78 is 0. The van der Waals surface area contributed by atoms with E-state index in [9.17, 15) is 20.1 Å². The zero-order valence-electron chi connectivity index (χ0n) is 18.3. The van der Waals surface area contributed by atoms with Crippen LogP contribution in [0.25, 0.3) is 0 Å². The van der Waals surface area contributed by atoms with Gasteiger partial charge in [0.05, 0.1) is 18.3 Å². The first-order chi connectivity index (χ1) is 13.6. The Morgan fingerprint density at radius 1 is 1.03 bits per heavy atom. The number of aliphatic hydroxyl groups is 3. The molecule has 5 nitrogen and oxygen atoms in total. The summed E-state index contributed by atoms with van der Waals surface area (Å²) in [7, 11) is 0. The summed E-state index contributed by atoms with van der Waals surface area (Å²) in [5.74, 6) is 1.36. The van der Waals surface area contributed by atoms with Crippen molar-refractivity contribution in [1.82, 2.24) is 0 Å². The molecule has 0 radical (unpaired) electrons. The Morgan fingerprint density at radius 2 is 1.76 bits per heavy atom. The first-order valence-electron chi connectivity index (χ1n) is 11.8. The summed E-state index contributed by atoms with van der Waals surface area (Å²) in [6.45, 7) is 6.83. The van der Waals surface area contributed by atoms with Gasteiger partial charge < -0.3 is 20.4 Å². The normalized spacial score (nSPS) is 52.9. The molecule has 0 heterocycles. The van der Waals surface area contributed by atoms with Crippen LogP contribution >= 0.6 is 0 Å². The molecule has 0 aromatic rings. The summed E-state index contributed by atoms with van der Waals surface area (Å²) in [5.41, 5.74) is -0.0557. The first-order valence-corrected chi connectivity index (χ1v) is 11.8. The minimum Gasteiger partial charge on any atom is -0.481 e. The SMILES string of the molecule is C[C@H](CCC(=O)O)[C@H]1CC[C@H]2[C@@H]3[C@H](O)C[C@@H]4C[C@H](O)C[C@H](O)[C@]4(C)[C@H]3CC[C@]12C. The average Bonchev–Trinajstić information content (AvgIpc) is 2.99. The van der Waals surface area contributed by atoms with E-state index in [4.69, 9.17) is 5.11 Å². The van der Waals surface area contributed by atoms with Gasteiger partial charge in [-0.2, -0.15) is 0 Å². The third-order valence-corrected chi connectivity index (χ3v) is 10.3. The van der Waals surface area contributed by atoms with Gasteiger partial charge in [0.15, 0.2) is 0 Å². The molecule has 4 rings (SSSR count). The van der Waals surface area contributed by atoms with Crippen LogP contribution in [-0.2, 0) is 4.79 Å². The second-order valence-corrected chi connectivity index (χ2v) is 11.4. The number of aliphatic carboxylic acids is 1. The predicted molar refractivity (Wildman–Crippen MR) is 110 cm³/mol. The van der Waals surface area contributed by atoms with Gasteiger partial charge in [-0.15, -0.1) is 0 Å². The highest BCUT2D eigenvalue weighted by molar-refractivity contribution is 5.66. The third-order valence-electron chi connectivity index (χ3n) is 10.3. The van der Waals surface area contributed by atoms with Gasteiger partial charge in [0.2, 0.25) is 0 Å². The zero-order valence-corrected chi connectivity index (χ0v) is 18.3. The maximum atomic E-state index is 11.3. The summed E-state index contributed by atoms with van der Waals surface area (Å²) in [5, 5.41) is 41.6. The molecule has 4 aliphatic carbocycles. The molecule has 5 heteroatoms. The lowest BCUT2D eigenvalue weighted by atomic mass is 9.43. The topological polar surface area (TPSA) is 98.0 Å². The fourth-order valence-corrected chi connectivity index (χ4v) is 8.80. The van der Waals surface area contributed by atoms with Gasteiger partial charge in [-0.1, -0.05) is 20.8 Å². The smallest absolute Gasteiger partial charge is 0.303 e. The Kier molecular flexibility index (Phi) is 5.57. The first kappa shape index (κ1) is 21.6. The quantitative estimate of drug-likeness (QED) is 0.571. The molecule has 4 saturated carbocycles. The number of hydrogen-bond donors (Lipinski definition) is 4. The number of hydrogen-bond acceptors (Lipinski definition) is 4. The highest BCUT2D eigenvalue weighted by atomic mass is 16.4. The molecule has 0 amide bonds. The van der Waals surface area contributed by atoms with E-state index in [0.29, 0.717) is 42.9 Å². The Balaban J connectivity index is 1.58. The largest absolute Gasteiger partial charge is 0.481 e. The highest BCUT2D eigenvalue weighted by Crippen LogP contribution is 2.68. The molecular formula is C24H40O5. The molecule has 0 spiro atoms. The minimum atomic E-state index is -0.713. The number of aliphatic hydroxyl groups excluding tert-OH is 3. The van der Waals surface area contributed by atoms with Crippen LogP contribution in [-0.4, -0.2) is 44.7 Å². The van der Waals surface area contributed by atoms with Gasteiger partial charge in [0.25, 0.3) is 0 Å². The van der Waals surface area contributed by atoms with Crippen molar-refractivity contribution in [3.8, 4) is 0 Å². The molecular weight excluding hydrogens is 368 g/mol. The highest BCUT2D eigenvalue weighted by Gasteiger charge is 2.64. The van der Waals surface area contributed by atoms with E-state index in [-0.39, 0.29) is 35.2 Å². The average molecular weight is 409 g/mol. The fraction of sp³-hybridized carbons (Fsp3) is 0.958. The van der Waals surface area contributed by atoms with Crippen molar-refractivity contribution in [2.75, 3.05) is 0 Å². The molecule has 4 aliphatic rings. The van der Waals surface area contributed by atoms with Crippen molar-refractivity contribution in [2.45, 2.75) is 96.9 Å². The van der Waals surface area contributed by atoms with E-state index >= 15 is 0 Å². The maximum absolute atomic E-state index is 11.3. The monoisotopic (exact) mass is 408 g/mol. The zero-order chi connectivity index (χ0) is 21.1. The Hall–Kier alpha value is -0.650. The number of carboxylic acids is 1. The van der Waals surface area contributed by atoms with Crippen LogP contribution in [0.4, 0.5) is 0 Å². The molecule has 0 bridgehead atoms. The molecule has 0 saturated heterocycles. The van der Waals surface area contributed by atoms with Crippen molar-refractivity contribution >= 4 is 5.97 Å². The molecule has 4 N–H and O–H groups in total. The van der Waals surface area contributed by atoms with Gasteiger partial charge in [0.1, 0.15) is 0 Å². The lowest BCUT2D eigenvalue weighted by molar-refractivity contribution is -0.212. The van der Waals surface area contributed by atoms with Crippen LogP contribution in [0, 0.1) is 46.3 Å². The second-order valence-electron chi connectivity index (χ2n) is 11.4. The van der Waals surface area contributed by atoms with Gasteiger partial charge in [-0.05, 0) is 97.7 Å². The van der Waals surface area contributed by atoms with E-state index in [0.717, 1.165) is 32.1 Å². The van der Waals surface area contributed by atoms with Crippen molar-refractivity contribution in [3.05, 3.63) is 0 Å². The molecule has 29 heavy (non-hydrogen) atoms. The summed E-state index contributed by atoms with van der Waals surface area (Å²) in [6, 6.07) is 0. The Bertz CT molecular complexity index is 637. The molecule has 4 fully saturated rings. The van der Waals surface area contributed by atoms with Crippen LogP contribution in [0.1, 0.15) is 78.6 Å². The van der Waals surface area contributed by atoms with Gasteiger partial charge in [-0.3, -0.25) is 4.79 Å². The number of carboxylic acid groups (broad SMARTS) is 1. The van der Waals surface area contributed by atoms with Crippen molar-refractivity contribution in [2.24, 2.45) is 46.3 Å². The maximum Gasteiger partial charge on any atom is 0.303 e. The van der Waals surface area contributed by atoms with E-state index in [1.807, 2.05) is 0 Å². The molecule has 0 aromatic carbocycles. The van der Waals surface area contributed by atoms with Gasteiger partial charge in [-0.25, -0.2) is 0 Å². The van der Waals surface area contributed by atoms with Crippen LogP contribution in [0.15, 0.2) is 0 Å². The van der Waals surface area contributed by atoms with Gasteiger partial charge >= 0.3 is 5.97 Å². The minimum absolute atomic E-state index is 0.155. The summed E-state index contributed by atoms with van der Waals surface area (Å²) in [6.07, 6.45) is 5.88. The predicted octanol–water partition coefficient (Wildman–Crippen LogP) is 3.45. The molecule has 166 valence electrons. The van der Waals surface area contributed by atoms with Crippen LogP contribution in [0.5, 0.6) is 0 Å². The lowest BCUT2D eigenvalue weighted by Crippen LogP contribution is -2.62. The van der Waals surface area contributed by atoms with E-state index in [2.05, 4.69) is 20.8 Å². The number of carbonyl (C=O) groups is 1. The van der Waals surface area contributed by atoms with Crippen molar-refractivity contribution in [1.29, 1.82) is 0 Å².